The van der Waals surface area contributed by atoms with Gasteiger partial charge in [0.1, 0.15) is 6.10 Å². The van der Waals surface area contributed by atoms with Crippen LogP contribution in [0.3, 0.4) is 0 Å². The van der Waals surface area contributed by atoms with Crippen molar-refractivity contribution in [1.82, 2.24) is 15.5 Å². The lowest BCUT2D eigenvalue weighted by Crippen LogP contribution is -2.51. The molecule has 0 bridgehead atoms. The second-order valence-corrected chi connectivity index (χ2v) is 5.52. The third-order valence-corrected chi connectivity index (χ3v) is 3.77. The Morgan fingerprint density at radius 1 is 1.43 bits per heavy atom. The Kier molecular flexibility index (Phi) is 6.17. The standard InChI is InChI=1S/C16H25N3O2/c1-13(17-2)10-18-16(20)15-12-19(8-9-21-15)11-14-6-4-3-5-7-14/h3-7,13,15,17H,8-12H2,1-2H3,(H,18,20). The number of carbonyl (C=O) groups excluding carboxylic acids is 1. The van der Waals surface area contributed by atoms with Crippen LogP contribution in [-0.4, -0.2) is 56.2 Å². The minimum Gasteiger partial charge on any atom is -0.366 e. The molecule has 5 heteroatoms. The topological polar surface area (TPSA) is 53.6 Å². The molecular weight excluding hydrogens is 266 g/mol. The highest BCUT2D eigenvalue weighted by Crippen LogP contribution is 2.10. The maximum atomic E-state index is 12.1. The Balaban J connectivity index is 1.81. The number of hydrogen-bond donors (Lipinski definition) is 2. The molecule has 2 rings (SSSR count). The van der Waals surface area contributed by atoms with Crippen molar-refractivity contribution in [1.29, 1.82) is 0 Å². The van der Waals surface area contributed by atoms with Crippen molar-refractivity contribution in [2.45, 2.75) is 25.6 Å². The molecular formula is C16H25N3O2. The molecule has 1 amide bonds. The fourth-order valence-electron chi connectivity index (χ4n) is 2.32. The lowest BCUT2D eigenvalue weighted by atomic mass is 10.2. The Hall–Kier alpha value is -1.43. The van der Waals surface area contributed by atoms with Gasteiger partial charge < -0.3 is 15.4 Å². The van der Waals surface area contributed by atoms with E-state index in [1.807, 2.05) is 32.2 Å². The number of benzene rings is 1. The molecule has 116 valence electrons. The number of ether oxygens (including phenoxy) is 1. The predicted molar refractivity (Wildman–Crippen MR) is 83.0 cm³/mol. The van der Waals surface area contributed by atoms with Crippen molar-refractivity contribution in [2.75, 3.05) is 33.3 Å². The van der Waals surface area contributed by atoms with Crippen LogP contribution >= 0.6 is 0 Å². The Morgan fingerprint density at radius 2 is 2.19 bits per heavy atom. The smallest absolute Gasteiger partial charge is 0.250 e. The third-order valence-electron chi connectivity index (χ3n) is 3.77. The van der Waals surface area contributed by atoms with Crippen LogP contribution in [0.1, 0.15) is 12.5 Å². The first-order chi connectivity index (χ1) is 10.2. The molecule has 2 unspecified atom stereocenters. The van der Waals surface area contributed by atoms with Crippen LogP contribution in [-0.2, 0) is 16.1 Å². The van der Waals surface area contributed by atoms with Gasteiger partial charge in [0, 0.05) is 32.2 Å². The highest BCUT2D eigenvalue weighted by molar-refractivity contribution is 5.81. The van der Waals surface area contributed by atoms with Crippen molar-refractivity contribution in [2.24, 2.45) is 0 Å². The largest absolute Gasteiger partial charge is 0.366 e. The molecule has 0 spiro atoms. The third kappa shape index (κ3) is 5.12. The molecule has 0 aliphatic carbocycles. The van der Waals surface area contributed by atoms with E-state index in [-0.39, 0.29) is 18.1 Å². The molecule has 1 aliphatic rings. The van der Waals surface area contributed by atoms with E-state index < -0.39 is 0 Å². The molecule has 1 fully saturated rings. The first-order valence-corrected chi connectivity index (χ1v) is 7.52. The van der Waals surface area contributed by atoms with Crippen molar-refractivity contribution >= 4 is 5.91 Å². The van der Waals surface area contributed by atoms with Gasteiger partial charge in [-0.2, -0.15) is 0 Å². The van der Waals surface area contributed by atoms with E-state index in [2.05, 4.69) is 27.7 Å². The molecule has 1 aromatic carbocycles. The van der Waals surface area contributed by atoms with Gasteiger partial charge >= 0.3 is 0 Å². The van der Waals surface area contributed by atoms with Gasteiger partial charge in [-0.15, -0.1) is 0 Å². The highest BCUT2D eigenvalue weighted by atomic mass is 16.5. The number of morpholine rings is 1. The van der Waals surface area contributed by atoms with Gasteiger partial charge in [-0.3, -0.25) is 9.69 Å². The van der Waals surface area contributed by atoms with Gasteiger partial charge in [0.25, 0.3) is 5.91 Å². The van der Waals surface area contributed by atoms with E-state index in [1.165, 1.54) is 5.56 Å². The zero-order chi connectivity index (χ0) is 15.1. The lowest BCUT2D eigenvalue weighted by molar-refractivity contribution is -0.138. The van der Waals surface area contributed by atoms with Crippen LogP contribution < -0.4 is 10.6 Å². The van der Waals surface area contributed by atoms with E-state index in [0.29, 0.717) is 19.7 Å². The minimum atomic E-state index is -0.369. The number of nitrogens with one attached hydrogen (secondary N) is 2. The molecule has 21 heavy (non-hydrogen) atoms. The van der Waals surface area contributed by atoms with E-state index >= 15 is 0 Å². The van der Waals surface area contributed by atoms with E-state index in [9.17, 15) is 4.79 Å². The summed E-state index contributed by atoms with van der Waals surface area (Å²) in [4.78, 5) is 14.4. The zero-order valence-electron chi connectivity index (χ0n) is 12.8. The molecule has 0 radical (unpaired) electrons. The van der Waals surface area contributed by atoms with Crippen molar-refractivity contribution < 1.29 is 9.53 Å². The first-order valence-electron chi connectivity index (χ1n) is 7.52. The fourth-order valence-corrected chi connectivity index (χ4v) is 2.32. The lowest BCUT2D eigenvalue weighted by Gasteiger charge is -2.32. The van der Waals surface area contributed by atoms with Gasteiger partial charge in [-0.25, -0.2) is 0 Å². The average molecular weight is 291 g/mol. The second-order valence-electron chi connectivity index (χ2n) is 5.52. The minimum absolute atomic E-state index is 0.0186. The molecule has 0 aromatic heterocycles. The summed E-state index contributed by atoms with van der Waals surface area (Å²) in [6.07, 6.45) is -0.369. The van der Waals surface area contributed by atoms with Gasteiger partial charge in [0.15, 0.2) is 0 Å². The van der Waals surface area contributed by atoms with Gasteiger partial charge in [0.05, 0.1) is 6.61 Å². The quantitative estimate of drug-likeness (QED) is 0.806. The number of rotatable bonds is 6. The summed E-state index contributed by atoms with van der Waals surface area (Å²) in [5, 5.41) is 6.03. The Morgan fingerprint density at radius 3 is 2.90 bits per heavy atom. The van der Waals surface area contributed by atoms with Crippen LogP contribution in [0.2, 0.25) is 0 Å². The number of amides is 1. The summed E-state index contributed by atoms with van der Waals surface area (Å²) in [5.41, 5.74) is 1.27. The number of likely N-dealkylation sites (N-methyl/N-ethyl adjacent to an activating group) is 1. The van der Waals surface area contributed by atoms with Crippen LogP contribution in [0.4, 0.5) is 0 Å². The predicted octanol–water partition coefficient (Wildman–Crippen LogP) is 0.612. The van der Waals surface area contributed by atoms with Crippen molar-refractivity contribution in [3.05, 3.63) is 35.9 Å². The van der Waals surface area contributed by atoms with Crippen LogP contribution in [0.25, 0.3) is 0 Å². The Bertz CT molecular complexity index is 438. The average Bonchev–Trinajstić information content (AvgIpc) is 2.53. The maximum Gasteiger partial charge on any atom is 0.250 e. The number of carbonyl (C=O) groups is 1. The van der Waals surface area contributed by atoms with Crippen molar-refractivity contribution in [3.8, 4) is 0 Å². The first kappa shape index (κ1) is 15.9. The summed E-state index contributed by atoms with van der Waals surface area (Å²) < 4.78 is 5.60. The molecule has 0 saturated carbocycles. The fraction of sp³-hybridized carbons (Fsp3) is 0.562. The summed E-state index contributed by atoms with van der Waals surface area (Å²) in [7, 11) is 1.88. The summed E-state index contributed by atoms with van der Waals surface area (Å²) in [6, 6.07) is 10.6. The van der Waals surface area contributed by atoms with E-state index in [0.717, 1.165) is 13.1 Å². The molecule has 2 atom stereocenters. The van der Waals surface area contributed by atoms with Crippen molar-refractivity contribution in [3.63, 3.8) is 0 Å². The zero-order valence-corrected chi connectivity index (χ0v) is 12.8. The number of nitrogens with zero attached hydrogens (tertiary/aromatic N) is 1. The van der Waals surface area contributed by atoms with Crippen LogP contribution in [0.15, 0.2) is 30.3 Å². The maximum absolute atomic E-state index is 12.1. The molecule has 5 nitrogen and oxygen atoms in total. The van der Waals surface area contributed by atoms with Gasteiger partial charge in [0.2, 0.25) is 0 Å². The summed E-state index contributed by atoms with van der Waals surface area (Å²) >= 11 is 0. The van der Waals surface area contributed by atoms with Crippen LogP contribution in [0, 0.1) is 0 Å². The second kappa shape index (κ2) is 8.12. The van der Waals surface area contributed by atoms with Gasteiger partial charge in [-0.05, 0) is 19.5 Å². The van der Waals surface area contributed by atoms with E-state index in [4.69, 9.17) is 4.74 Å². The Labute approximate surface area is 126 Å². The normalized spacial score (nSPS) is 21.0. The SMILES string of the molecule is CNC(C)CNC(=O)C1CN(Cc2ccccc2)CCO1. The number of hydrogen-bond acceptors (Lipinski definition) is 4. The summed E-state index contributed by atoms with van der Waals surface area (Å²) in [6.45, 7) is 5.63. The molecule has 1 heterocycles. The van der Waals surface area contributed by atoms with E-state index in [1.54, 1.807) is 0 Å². The monoisotopic (exact) mass is 291 g/mol. The molecule has 2 N–H and O–H groups in total. The molecule has 1 aromatic rings. The summed E-state index contributed by atoms with van der Waals surface area (Å²) in [5.74, 6) is -0.0186. The van der Waals surface area contributed by atoms with Gasteiger partial charge in [-0.1, -0.05) is 30.3 Å². The highest BCUT2D eigenvalue weighted by Gasteiger charge is 2.26. The molecule has 1 saturated heterocycles. The molecule has 1 aliphatic heterocycles. The van der Waals surface area contributed by atoms with Crippen LogP contribution in [0.5, 0.6) is 0 Å².